The van der Waals surface area contributed by atoms with Crippen LogP contribution in [-0.4, -0.2) is 35.5 Å². The van der Waals surface area contributed by atoms with Gasteiger partial charge in [0.05, 0.1) is 6.04 Å². The second-order valence-corrected chi connectivity index (χ2v) is 8.68. The fourth-order valence-corrected chi connectivity index (χ4v) is 4.27. The molecule has 3 aromatic rings. The van der Waals surface area contributed by atoms with Crippen molar-refractivity contribution >= 4 is 17.7 Å². The summed E-state index contributed by atoms with van der Waals surface area (Å²) in [6.07, 6.45) is 4.74. The highest BCUT2D eigenvalue weighted by Crippen LogP contribution is 2.23. The first-order valence-electron chi connectivity index (χ1n) is 11.9. The topological polar surface area (TPSA) is 70.2 Å². The van der Waals surface area contributed by atoms with Gasteiger partial charge in [0.25, 0.3) is 5.91 Å². The van der Waals surface area contributed by atoms with Crippen LogP contribution in [0.1, 0.15) is 54.2 Å². The first-order valence-corrected chi connectivity index (χ1v) is 11.9. The Balaban J connectivity index is 1.60. The van der Waals surface area contributed by atoms with Crippen LogP contribution in [0.25, 0.3) is 0 Å². The Morgan fingerprint density at radius 1 is 1.12 bits per heavy atom. The number of anilines is 2. The van der Waals surface area contributed by atoms with Crippen molar-refractivity contribution in [2.75, 3.05) is 29.9 Å². The number of hydrogen-bond acceptors (Lipinski definition) is 5. The van der Waals surface area contributed by atoms with E-state index in [1.165, 1.54) is 0 Å². The second-order valence-electron chi connectivity index (χ2n) is 8.68. The fourth-order valence-electron chi connectivity index (χ4n) is 4.27. The number of nitrogens with one attached hydrogen (secondary N) is 2. The van der Waals surface area contributed by atoms with Gasteiger partial charge in [0.2, 0.25) is 5.95 Å². The molecule has 2 N–H and O–H groups in total. The zero-order valence-corrected chi connectivity index (χ0v) is 19.5. The lowest BCUT2D eigenvalue weighted by atomic mass is 9.97. The minimum absolute atomic E-state index is 0.00964. The Labute approximate surface area is 196 Å². The SMILES string of the molecule is CCc1cccc(C(=O)N(CC2CCNCC2)c2ccnc(N[C@@H](C)c3ccccc3)n2)c1. The van der Waals surface area contributed by atoms with Gasteiger partial charge in [-0.1, -0.05) is 49.4 Å². The van der Waals surface area contributed by atoms with Crippen molar-refractivity contribution in [1.29, 1.82) is 0 Å². The number of rotatable bonds is 8. The normalized spacial score (nSPS) is 15.1. The van der Waals surface area contributed by atoms with E-state index in [-0.39, 0.29) is 11.9 Å². The number of benzene rings is 2. The largest absolute Gasteiger partial charge is 0.348 e. The molecule has 0 aliphatic carbocycles. The third-order valence-electron chi connectivity index (χ3n) is 6.29. The van der Waals surface area contributed by atoms with Crippen molar-refractivity contribution in [3.8, 4) is 0 Å². The standard InChI is InChI=1S/C27H33N5O/c1-3-21-8-7-11-24(18-21)26(33)32(19-22-12-15-28-16-13-22)25-14-17-29-27(31-25)30-20(2)23-9-5-4-6-10-23/h4-11,14,17-18,20,22,28H,3,12-13,15-16,19H2,1-2H3,(H,29,30,31)/t20-/m0/s1. The molecule has 1 amide bonds. The van der Waals surface area contributed by atoms with Gasteiger partial charge in [-0.2, -0.15) is 4.98 Å². The summed E-state index contributed by atoms with van der Waals surface area (Å²) in [7, 11) is 0. The molecule has 0 unspecified atom stereocenters. The Morgan fingerprint density at radius 2 is 1.91 bits per heavy atom. The van der Waals surface area contributed by atoms with Crippen LogP contribution >= 0.6 is 0 Å². The van der Waals surface area contributed by atoms with Gasteiger partial charge in [0.15, 0.2) is 0 Å². The summed E-state index contributed by atoms with van der Waals surface area (Å²) in [5.41, 5.74) is 3.02. The molecule has 33 heavy (non-hydrogen) atoms. The van der Waals surface area contributed by atoms with Crippen molar-refractivity contribution in [1.82, 2.24) is 15.3 Å². The second kappa shape index (κ2) is 11.1. The number of nitrogens with zero attached hydrogens (tertiary/aromatic N) is 3. The van der Waals surface area contributed by atoms with Crippen LogP contribution in [0.4, 0.5) is 11.8 Å². The molecule has 0 spiro atoms. The number of piperidine rings is 1. The maximum absolute atomic E-state index is 13.7. The predicted octanol–water partition coefficient (Wildman–Crippen LogP) is 4.86. The third-order valence-corrected chi connectivity index (χ3v) is 6.29. The van der Waals surface area contributed by atoms with E-state index in [1.807, 2.05) is 47.4 Å². The van der Waals surface area contributed by atoms with Crippen molar-refractivity contribution in [2.45, 2.75) is 39.2 Å². The minimum atomic E-state index is -0.00964. The quantitative estimate of drug-likeness (QED) is 0.520. The molecule has 1 aliphatic rings. The predicted molar refractivity (Wildman–Crippen MR) is 134 cm³/mol. The number of aryl methyl sites for hydroxylation is 1. The molecule has 172 valence electrons. The van der Waals surface area contributed by atoms with Crippen LogP contribution in [0.5, 0.6) is 0 Å². The molecule has 1 atom stereocenters. The molecule has 0 saturated carbocycles. The molecule has 0 radical (unpaired) electrons. The molecule has 6 nitrogen and oxygen atoms in total. The maximum atomic E-state index is 13.7. The summed E-state index contributed by atoms with van der Waals surface area (Å²) in [4.78, 5) is 24.7. The lowest BCUT2D eigenvalue weighted by Crippen LogP contribution is -2.40. The Kier molecular flexibility index (Phi) is 7.68. The molecule has 1 aliphatic heterocycles. The van der Waals surface area contributed by atoms with Crippen molar-refractivity contribution in [3.05, 3.63) is 83.6 Å². The van der Waals surface area contributed by atoms with Gasteiger partial charge < -0.3 is 10.6 Å². The Hall–Kier alpha value is -3.25. The summed E-state index contributed by atoms with van der Waals surface area (Å²) < 4.78 is 0. The van der Waals surface area contributed by atoms with Crippen LogP contribution in [0.3, 0.4) is 0 Å². The van der Waals surface area contributed by atoms with Crippen LogP contribution in [-0.2, 0) is 6.42 Å². The van der Waals surface area contributed by atoms with Crippen molar-refractivity contribution in [3.63, 3.8) is 0 Å². The van der Waals surface area contributed by atoms with E-state index in [0.29, 0.717) is 29.8 Å². The van der Waals surface area contributed by atoms with Crippen molar-refractivity contribution in [2.24, 2.45) is 5.92 Å². The third kappa shape index (κ3) is 5.96. The molecular weight excluding hydrogens is 410 g/mol. The molecule has 1 aromatic heterocycles. The lowest BCUT2D eigenvalue weighted by Gasteiger charge is -2.30. The Morgan fingerprint density at radius 3 is 2.67 bits per heavy atom. The number of carbonyl (C=O) groups is 1. The molecule has 1 saturated heterocycles. The molecule has 6 heteroatoms. The molecule has 4 rings (SSSR count). The number of carbonyl (C=O) groups excluding carboxylic acids is 1. The van der Waals surface area contributed by atoms with E-state index in [9.17, 15) is 4.79 Å². The average Bonchev–Trinajstić information content (AvgIpc) is 2.88. The van der Waals surface area contributed by atoms with E-state index in [1.54, 1.807) is 6.20 Å². The van der Waals surface area contributed by atoms with Crippen molar-refractivity contribution < 1.29 is 4.79 Å². The van der Waals surface area contributed by atoms with Gasteiger partial charge in [-0.05, 0) is 74.5 Å². The van der Waals surface area contributed by atoms with E-state index in [2.05, 4.69) is 47.7 Å². The van der Waals surface area contributed by atoms with Crippen LogP contribution < -0.4 is 15.5 Å². The zero-order valence-electron chi connectivity index (χ0n) is 19.5. The van der Waals surface area contributed by atoms with Gasteiger partial charge >= 0.3 is 0 Å². The van der Waals surface area contributed by atoms with E-state index in [4.69, 9.17) is 4.98 Å². The minimum Gasteiger partial charge on any atom is -0.348 e. The van der Waals surface area contributed by atoms with E-state index < -0.39 is 0 Å². The highest BCUT2D eigenvalue weighted by molar-refractivity contribution is 6.05. The van der Waals surface area contributed by atoms with Gasteiger partial charge in [0.1, 0.15) is 5.82 Å². The Bertz CT molecular complexity index is 1050. The molecule has 2 heterocycles. The lowest BCUT2D eigenvalue weighted by molar-refractivity contribution is 0.0980. The smallest absolute Gasteiger partial charge is 0.259 e. The summed E-state index contributed by atoms with van der Waals surface area (Å²) in [6, 6.07) is 20.0. The van der Waals surface area contributed by atoms with Gasteiger partial charge in [0, 0.05) is 18.3 Å². The summed E-state index contributed by atoms with van der Waals surface area (Å²) >= 11 is 0. The molecule has 2 aromatic carbocycles. The summed E-state index contributed by atoms with van der Waals surface area (Å²) in [5, 5.41) is 6.79. The first-order chi connectivity index (χ1) is 16.1. The van der Waals surface area contributed by atoms with Gasteiger partial charge in [-0.3, -0.25) is 9.69 Å². The first kappa shape index (κ1) is 22.9. The van der Waals surface area contributed by atoms with Crippen LogP contribution in [0.2, 0.25) is 0 Å². The van der Waals surface area contributed by atoms with Gasteiger partial charge in [-0.25, -0.2) is 4.98 Å². The molecule has 1 fully saturated rings. The van der Waals surface area contributed by atoms with Crippen LogP contribution in [0, 0.1) is 5.92 Å². The monoisotopic (exact) mass is 443 g/mol. The van der Waals surface area contributed by atoms with Gasteiger partial charge in [-0.15, -0.1) is 0 Å². The maximum Gasteiger partial charge on any atom is 0.259 e. The number of hydrogen-bond donors (Lipinski definition) is 2. The average molecular weight is 444 g/mol. The van der Waals surface area contributed by atoms with E-state index >= 15 is 0 Å². The fraction of sp³-hybridized carbons (Fsp3) is 0.370. The van der Waals surface area contributed by atoms with Crippen LogP contribution in [0.15, 0.2) is 66.9 Å². The molecule has 0 bridgehead atoms. The summed E-state index contributed by atoms with van der Waals surface area (Å²) in [6.45, 7) is 6.82. The van der Waals surface area contributed by atoms with E-state index in [0.717, 1.165) is 43.5 Å². The number of aromatic nitrogens is 2. The number of amides is 1. The zero-order chi connectivity index (χ0) is 23.0. The summed E-state index contributed by atoms with van der Waals surface area (Å²) in [5.74, 6) is 1.59. The molecular formula is C27H33N5O. The highest BCUT2D eigenvalue weighted by atomic mass is 16.2. The highest BCUT2D eigenvalue weighted by Gasteiger charge is 2.25.